The van der Waals surface area contributed by atoms with Crippen molar-refractivity contribution in [1.82, 2.24) is 10.3 Å². The Kier molecular flexibility index (Phi) is 4.00. The predicted molar refractivity (Wildman–Crippen MR) is 78.1 cm³/mol. The van der Waals surface area contributed by atoms with Crippen molar-refractivity contribution in [3.8, 4) is 0 Å². The van der Waals surface area contributed by atoms with Gasteiger partial charge in [-0.15, -0.1) is 0 Å². The summed E-state index contributed by atoms with van der Waals surface area (Å²) < 4.78 is 0. The lowest BCUT2D eigenvalue weighted by atomic mass is 10.1. The number of nitrogen functional groups attached to an aromatic ring is 1. The molecule has 100 valence electrons. The van der Waals surface area contributed by atoms with E-state index in [1.807, 2.05) is 19.1 Å². The van der Waals surface area contributed by atoms with Gasteiger partial charge in [-0.1, -0.05) is 13.3 Å². The molecule has 0 bridgehead atoms. The Morgan fingerprint density at radius 3 is 2.89 bits per heavy atom. The average molecular weight is 257 g/mol. The quantitative estimate of drug-likeness (QED) is 0.653. The fourth-order valence-electron chi connectivity index (χ4n) is 2.04. The van der Waals surface area contributed by atoms with Gasteiger partial charge in [-0.3, -0.25) is 9.78 Å². The molecule has 2 aromatic rings. The number of benzene rings is 1. The first kappa shape index (κ1) is 13.3. The number of rotatable bonds is 4. The second kappa shape index (κ2) is 5.69. The van der Waals surface area contributed by atoms with Crippen molar-refractivity contribution in [3.05, 3.63) is 35.5 Å². The molecule has 1 amide bonds. The number of hydrogen-bond acceptors (Lipinski definition) is 3. The van der Waals surface area contributed by atoms with Crippen molar-refractivity contribution < 1.29 is 4.79 Å². The molecule has 1 heterocycles. The normalized spacial score (nSPS) is 10.6. The van der Waals surface area contributed by atoms with E-state index in [-0.39, 0.29) is 5.91 Å². The molecule has 0 spiro atoms. The van der Waals surface area contributed by atoms with Gasteiger partial charge in [0.15, 0.2) is 0 Å². The number of fused-ring (bicyclic) bond motifs is 1. The molecule has 0 aliphatic carbocycles. The van der Waals surface area contributed by atoms with Gasteiger partial charge in [-0.2, -0.15) is 0 Å². The zero-order valence-electron chi connectivity index (χ0n) is 11.4. The van der Waals surface area contributed by atoms with E-state index < -0.39 is 0 Å². The van der Waals surface area contributed by atoms with Crippen LogP contribution in [0.25, 0.3) is 10.9 Å². The maximum absolute atomic E-state index is 12.2. The van der Waals surface area contributed by atoms with Gasteiger partial charge >= 0.3 is 0 Å². The standard InChI is InChI=1S/C15H19N3O/c1-3-4-7-17-15(19)13-8-10(2)18-14-6-5-11(16)9-12(13)14/h5-6,8-9H,3-4,7,16H2,1-2H3,(H,17,19). The number of anilines is 1. The van der Waals surface area contributed by atoms with Crippen LogP contribution >= 0.6 is 0 Å². The van der Waals surface area contributed by atoms with Crippen LogP contribution in [-0.4, -0.2) is 17.4 Å². The fraction of sp³-hybridized carbons (Fsp3) is 0.333. The highest BCUT2D eigenvalue weighted by molar-refractivity contribution is 6.06. The third kappa shape index (κ3) is 3.02. The van der Waals surface area contributed by atoms with Crippen molar-refractivity contribution in [3.63, 3.8) is 0 Å². The number of nitrogens with two attached hydrogens (primary N) is 1. The number of nitrogens with one attached hydrogen (secondary N) is 1. The fourth-order valence-corrected chi connectivity index (χ4v) is 2.04. The zero-order chi connectivity index (χ0) is 13.8. The topological polar surface area (TPSA) is 68.0 Å². The van der Waals surface area contributed by atoms with Crippen LogP contribution in [0.1, 0.15) is 35.8 Å². The minimum absolute atomic E-state index is 0.0606. The first-order chi connectivity index (χ1) is 9.11. The molecule has 0 aliphatic rings. The first-order valence-corrected chi connectivity index (χ1v) is 6.57. The Bertz CT molecular complexity index is 608. The third-order valence-electron chi connectivity index (χ3n) is 3.02. The zero-order valence-corrected chi connectivity index (χ0v) is 11.4. The molecular formula is C15H19N3O. The lowest BCUT2D eigenvalue weighted by Gasteiger charge is -2.09. The SMILES string of the molecule is CCCCNC(=O)c1cc(C)nc2ccc(N)cc12. The van der Waals surface area contributed by atoms with E-state index in [0.717, 1.165) is 29.4 Å². The number of pyridine rings is 1. The number of aryl methyl sites for hydroxylation is 1. The van der Waals surface area contributed by atoms with Crippen LogP contribution in [-0.2, 0) is 0 Å². The van der Waals surface area contributed by atoms with Crippen molar-refractivity contribution in [2.24, 2.45) is 0 Å². The maximum atomic E-state index is 12.2. The van der Waals surface area contributed by atoms with Gasteiger partial charge in [0.25, 0.3) is 5.91 Å². The number of aromatic nitrogens is 1. The molecule has 2 rings (SSSR count). The van der Waals surface area contributed by atoms with Crippen LogP contribution in [0.3, 0.4) is 0 Å². The van der Waals surface area contributed by atoms with E-state index in [1.165, 1.54) is 0 Å². The molecule has 0 radical (unpaired) electrons. The van der Waals surface area contributed by atoms with Gasteiger partial charge in [0, 0.05) is 23.3 Å². The van der Waals surface area contributed by atoms with Gasteiger partial charge in [-0.05, 0) is 37.6 Å². The highest BCUT2D eigenvalue weighted by atomic mass is 16.1. The molecule has 4 heteroatoms. The van der Waals surface area contributed by atoms with E-state index in [9.17, 15) is 4.79 Å². The smallest absolute Gasteiger partial charge is 0.252 e. The number of nitrogens with zero attached hydrogens (tertiary/aromatic N) is 1. The monoisotopic (exact) mass is 257 g/mol. The highest BCUT2D eigenvalue weighted by Gasteiger charge is 2.11. The molecule has 1 aromatic carbocycles. The van der Waals surface area contributed by atoms with Crippen LogP contribution in [0.2, 0.25) is 0 Å². The number of hydrogen-bond donors (Lipinski definition) is 2. The molecule has 4 nitrogen and oxygen atoms in total. The van der Waals surface area contributed by atoms with Crippen LogP contribution < -0.4 is 11.1 Å². The minimum Gasteiger partial charge on any atom is -0.399 e. The van der Waals surface area contributed by atoms with Crippen molar-refractivity contribution in [2.45, 2.75) is 26.7 Å². The summed E-state index contributed by atoms with van der Waals surface area (Å²) in [6, 6.07) is 7.26. The predicted octanol–water partition coefficient (Wildman–Crippen LogP) is 2.66. The minimum atomic E-state index is -0.0606. The van der Waals surface area contributed by atoms with Gasteiger partial charge in [0.1, 0.15) is 0 Å². The van der Waals surface area contributed by atoms with E-state index in [4.69, 9.17) is 5.73 Å². The molecule has 0 saturated carbocycles. The van der Waals surface area contributed by atoms with Gasteiger partial charge < -0.3 is 11.1 Å². The van der Waals surface area contributed by atoms with Crippen LogP contribution in [0.15, 0.2) is 24.3 Å². The molecule has 0 saturated heterocycles. The van der Waals surface area contributed by atoms with Gasteiger partial charge in [0.05, 0.1) is 11.1 Å². The average Bonchev–Trinajstić information content (AvgIpc) is 2.38. The number of carbonyl (C=O) groups is 1. The molecule has 1 aromatic heterocycles. The van der Waals surface area contributed by atoms with Crippen LogP contribution in [0, 0.1) is 6.92 Å². The van der Waals surface area contributed by atoms with E-state index in [1.54, 1.807) is 12.1 Å². The lowest BCUT2D eigenvalue weighted by molar-refractivity contribution is 0.0954. The molecule has 0 aliphatic heterocycles. The summed E-state index contributed by atoms with van der Waals surface area (Å²) in [6.07, 6.45) is 2.04. The highest BCUT2D eigenvalue weighted by Crippen LogP contribution is 2.21. The van der Waals surface area contributed by atoms with Crippen molar-refractivity contribution >= 4 is 22.5 Å². The molecule has 0 fully saturated rings. The number of amides is 1. The van der Waals surface area contributed by atoms with E-state index >= 15 is 0 Å². The summed E-state index contributed by atoms with van der Waals surface area (Å²) in [6.45, 7) is 4.68. The largest absolute Gasteiger partial charge is 0.399 e. The Labute approximate surface area is 113 Å². The third-order valence-corrected chi connectivity index (χ3v) is 3.02. The summed E-state index contributed by atoms with van der Waals surface area (Å²) in [5, 5.41) is 3.74. The maximum Gasteiger partial charge on any atom is 0.252 e. The molecule has 3 N–H and O–H groups in total. The van der Waals surface area contributed by atoms with E-state index in [2.05, 4.69) is 17.2 Å². The Hall–Kier alpha value is -2.10. The Morgan fingerprint density at radius 1 is 1.37 bits per heavy atom. The molecule has 19 heavy (non-hydrogen) atoms. The second-order valence-electron chi connectivity index (χ2n) is 4.70. The molecule has 0 unspecified atom stereocenters. The molecule has 0 atom stereocenters. The lowest BCUT2D eigenvalue weighted by Crippen LogP contribution is -2.24. The van der Waals surface area contributed by atoms with E-state index in [0.29, 0.717) is 17.8 Å². The Morgan fingerprint density at radius 2 is 2.16 bits per heavy atom. The first-order valence-electron chi connectivity index (χ1n) is 6.57. The second-order valence-corrected chi connectivity index (χ2v) is 4.70. The summed E-state index contributed by atoms with van der Waals surface area (Å²) in [5.74, 6) is -0.0606. The Balaban J connectivity index is 2.40. The van der Waals surface area contributed by atoms with Crippen molar-refractivity contribution in [1.29, 1.82) is 0 Å². The summed E-state index contributed by atoms with van der Waals surface area (Å²) in [5.41, 5.74) is 8.71. The number of carbonyl (C=O) groups excluding carboxylic acids is 1. The van der Waals surface area contributed by atoms with Gasteiger partial charge in [-0.25, -0.2) is 0 Å². The van der Waals surface area contributed by atoms with Crippen molar-refractivity contribution in [2.75, 3.05) is 12.3 Å². The van der Waals surface area contributed by atoms with Gasteiger partial charge in [0.2, 0.25) is 0 Å². The molecular weight excluding hydrogens is 238 g/mol. The van der Waals surface area contributed by atoms with Crippen LogP contribution in [0.4, 0.5) is 5.69 Å². The van der Waals surface area contributed by atoms with Crippen LogP contribution in [0.5, 0.6) is 0 Å². The summed E-state index contributed by atoms with van der Waals surface area (Å²) in [7, 11) is 0. The number of unbranched alkanes of at least 4 members (excludes halogenated alkanes) is 1. The summed E-state index contributed by atoms with van der Waals surface area (Å²) >= 11 is 0. The summed E-state index contributed by atoms with van der Waals surface area (Å²) in [4.78, 5) is 16.6.